The van der Waals surface area contributed by atoms with Gasteiger partial charge in [0.1, 0.15) is 0 Å². The maximum atomic E-state index is 11.0. The molecule has 2 aliphatic rings. The van der Waals surface area contributed by atoms with Crippen LogP contribution in [0.4, 0.5) is 0 Å². The van der Waals surface area contributed by atoms with Crippen LogP contribution in [-0.4, -0.2) is 29.3 Å². The Morgan fingerprint density at radius 3 is 2.86 bits per heavy atom. The van der Waals surface area contributed by atoms with Gasteiger partial charge >= 0.3 is 5.97 Å². The van der Waals surface area contributed by atoms with Gasteiger partial charge in [0.15, 0.2) is 0 Å². The molecular weight excluding hydrogens is 278 g/mol. The predicted molar refractivity (Wildman–Crippen MR) is 84.8 cm³/mol. The lowest BCUT2D eigenvalue weighted by Gasteiger charge is -2.50. The van der Waals surface area contributed by atoms with Crippen LogP contribution >= 0.6 is 0 Å². The van der Waals surface area contributed by atoms with Gasteiger partial charge < -0.3 is 15.2 Å². The van der Waals surface area contributed by atoms with Crippen LogP contribution in [0, 0.1) is 19.8 Å². The molecule has 1 aliphatic carbocycles. The van der Waals surface area contributed by atoms with E-state index in [1.807, 2.05) is 0 Å². The van der Waals surface area contributed by atoms with Crippen molar-refractivity contribution in [3.8, 4) is 0 Å². The lowest BCUT2D eigenvalue weighted by Crippen LogP contribution is -2.55. The van der Waals surface area contributed by atoms with Crippen molar-refractivity contribution in [2.75, 3.05) is 6.61 Å². The van der Waals surface area contributed by atoms with Crippen molar-refractivity contribution in [1.82, 2.24) is 5.32 Å². The van der Waals surface area contributed by atoms with E-state index in [0.717, 1.165) is 26.0 Å². The fraction of sp³-hybridized carbons (Fsp3) is 0.611. The van der Waals surface area contributed by atoms with Gasteiger partial charge in [0.2, 0.25) is 0 Å². The Balaban J connectivity index is 1.55. The van der Waals surface area contributed by atoms with Gasteiger partial charge in [0, 0.05) is 19.2 Å². The van der Waals surface area contributed by atoms with E-state index >= 15 is 0 Å². The van der Waals surface area contributed by atoms with Crippen molar-refractivity contribution in [2.45, 2.75) is 57.7 Å². The van der Waals surface area contributed by atoms with E-state index in [2.05, 4.69) is 37.4 Å². The van der Waals surface area contributed by atoms with Crippen molar-refractivity contribution in [2.24, 2.45) is 5.92 Å². The molecule has 1 aromatic carbocycles. The first-order chi connectivity index (χ1) is 10.5. The van der Waals surface area contributed by atoms with Crippen LogP contribution in [0.3, 0.4) is 0 Å². The summed E-state index contributed by atoms with van der Waals surface area (Å²) in [6.45, 7) is 5.91. The van der Waals surface area contributed by atoms with E-state index in [9.17, 15) is 4.79 Å². The normalized spacial score (nSPS) is 31.0. The molecule has 22 heavy (non-hydrogen) atoms. The van der Waals surface area contributed by atoms with Crippen LogP contribution in [0.5, 0.6) is 0 Å². The number of carboxylic acids is 1. The summed E-state index contributed by atoms with van der Waals surface area (Å²) in [4.78, 5) is 11.0. The van der Waals surface area contributed by atoms with E-state index in [1.165, 1.54) is 16.7 Å². The number of rotatable bonds is 4. The minimum Gasteiger partial charge on any atom is -0.481 e. The molecule has 1 aromatic rings. The third kappa shape index (κ3) is 3.03. The highest BCUT2D eigenvalue weighted by Crippen LogP contribution is 2.46. The number of ether oxygens (including phenoxy) is 1. The number of hydrogen-bond acceptors (Lipinski definition) is 3. The third-order valence-electron chi connectivity index (χ3n) is 5.38. The largest absolute Gasteiger partial charge is 0.481 e. The second-order valence-electron chi connectivity index (χ2n) is 6.90. The second kappa shape index (κ2) is 6.01. The molecule has 0 amide bonds. The Morgan fingerprint density at radius 2 is 2.14 bits per heavy atom. The van der Waals surface area contributed by atoms with Crippen LogP contribution in [0.25, 0.3) is 0 Å². The molecule has 2 fully saturated rings. The van der Waals surface area contributed by atoms with Gasteiger partial charge in [-0.2, -0.15) is 0 Å². The molecule has 1 atom stereocenters. The highest BCUT2D eigenvalue weighted by atomic mass is 16.5. The second-order valence-corrected chi connectivity index (χ2v) is 6.90. The summed E-state index contributed by atoms with van der Waals surface area (Å²) in [5, 5.41) is 12.7. The zero-order chi connectivity index (χ0) is 15.7. The van der Waals surface area contributed by atoms with Crippen LogP contribution in [0.1, 0.15) is 42.4 Å². The number of benzene rings is 1. The van der Waals surface area contributed by atoms with E-state index in [-0.39, 0.29) is 11.5 Å². The van der Waals surface area contributed by atoms with E-state index in [4.69, 9.17) is 9.84 Å². The zero-order valence-electron chi connectivity index (χ0n) is 13.4. The van der Waals surface area contributed by atoms with Gasteiger partial charge in [0.25, 0.3) is 0 Å². The molecular formula is C18H25NO3. The van der Waals surface area contributed by atoms with E-state index < -0.39 is 5.97 Å². The molecule has 1 saturated carbocycles. The minimum atomic E-state index is -0.681. The van der Waals surface area contributed by atoms with Gasteiger partial charge in [-0.1, -0.05) is 18.2 Å². The Morgan fingerprint density at radius 1 is 1.36 bits per heavy atom. The number of carbonyl (C=O) groups is 1. The third-order valence-corrected chi connectivity index (χ3v) is 5.38. The maximum absolute atomic E-state index is 11.0. The van der Waals surface area contributed by atoms with Crippen molar-refractivity contribution >= 4 is 5.97 Å². The smallest absolute Gasteiger partial charge is 0.306 e. The van der Waals surface area contributed by atoms with Crippen LogP contribution in [-0.2, 0) is 16.1 Å². The van der Waals surface area contributed by atoms with E-state index in [1.54, 1.807) is 0 Å². The fourth-order valence-corrected chi connectivity index (χ4v) is 3.76. The molecule has 0 radical (unpaired) electrons. The van der Waals surface area contributed by atoms with Crippen molar-refractivity contribution in [3.63, 3.8) is 0 Å². The van der Waals surface area contributed by atoms with Gasteiger partial charge in [-0.05, 0) is 56.2 Å². The Hall–Kier alpha value is -1.39. The fourth-order valence-electron chi connectivity index (χ4n) is 3.76. The van der Waals surface area contributed by atoms with Crippen molar-refractivity contribution < 1.29 is 14.6 Å². The van der Waals surface area contributed by atoms with Gasteiger partial charge in [-0.3, -0.25) is 4.79 Å². The number of nitrogens with one attached hydrogen (secondary N) is 1. The topological polar surface area (TPSA) is 58.6 Å². The molecule has 1 aliphatic heterocycles. The lowest BCUT2D eigenvalue weighted by atomic mass is 9.66. The van der Waals surface area contributed by atoms with Crippen LogP contribution in [0.15, 0.2) is 18.2 Å². The highest BCUT2D eigenvalue weighted by Gasteiger charge is 2.51. The quantitative estimate of drug-likeness (QED) is 0.898. The molecule has 4 nitrogen and oxygen atoms in total. The molecule has 2 N–H and O–H groups in total. The Bertz CT molecular complexity index is 563. The summed E-state index contributed by atoms with van der Waals surface area (Å²) >= 11 is 0. The Labute approximate surface area is 131 Å². The average molecular weight is 303 g/mol. The summed E-state index contributed by atoms with van der Waals surface area (Å²) in [6.07, 6.45) is 3.28. The molecule has 120 valence electrons. The first-order valence-corrected chi connectivity index (χ1v) is 8.14. The van der Waals surface area contributed by atoms with Crippen LogP contribution in [0.2, 0.25) is 0 Å². The molecule has 0 bridgehead atoms. The van der Waals surface area contributed by atoms with Crippen LogP contribution < -0.4 is 5.32 Å². The molecule has 3 rings (SSSR count). The zero-order valence-corrected chi connectivity index (χ0v) is 13.4. The summed E-state index contributed by atoms with van der Waals surface area (Å²) in [5.41, 5.74) is 3.84. The number of hydrogen-bond donors (Lipinski definition) is 2. The van der Waals surface area contributed by atoms with Gasteiger partial charge in [-0.25, -0.2) is 0 Å². The number of aliphatic carboxylic acids is 1. The summed E-state index contributed by atoms with van der Waals surface area (Å²) in [5.74, 6) is -0.891. The monoisotopic (exact) mass is 303 g/mol. The predicted octanol–water partition coefficient (Wildman–Crippen LogP) is 2.81. The Kier molecular flexibility index (Phi) is 4.24. The summed E-state index contributed by atoms with van der Waals surface area (Å²) < 4.78 is 5.90. The maximum Gasteiger partial charge on any atom is 0.306 e. The molecule has 1 spiro atoms. The molecule has 1 heterocycles. The van der Waals surface area contributed by atoms with Gasteiger partial charge in [0.05, 0.1) is 11.5 Å². The first kappa shape index (κ1) is 15.5. The molecule has 0 aromatic heterocycles. The standard InChI is InChI=1S/C18H25NO3/c1-12-4-3-5-14(13(12)2)11-19-16-6-7-22-18(10-16)8-15(9-18)17(20)21/h3-5,15-16,19H,6-11H2,1-2H3,(H,20,21). The highest BCUT2D eigenvalue weighted by molar-refractivity contribution is 5.71. The summed E-state index contributed by atoms with van der Waals surface area (Å²) in [7, 11) is 0. The lowest BCUT2D eigenvalue weighted by molar-refractivity contribution is -0.181. The number of carboxylic acid groups (broad SMARTS) is 1. The van der Waals surface area contributed by atoms with E-state index in [0.29, 0.717) is 18.9 Å². The first-order valence-electron chi connectivity index (χ1n) is 8.14. The summed E-state index contributed by atoms with van der Waals surface area (Å²) in [6, 6.07) is 6.84. The number of aryl methyl sites for hydroxylation is 1. The molecule has 1 saturated heterocycles. The SMILES string of the molecule is Cc1cccc(CNC2CCOC3(C2)CC(C(=O)O)C3)c1C. The van der Waals surface area contributed by atoms with Crippen molar-refractivity contribution in [3.05, 3.63) is 34.9 Å². The minimum absolute atomic E-state index is 0.180. The van der Waals surface area contributed by atoms with Crippen molar-refractivity contribution in [1.29, 1.82) is 0 Å². The molecule has 4 heteroatoms. The molecule has 1 unspecified atom stereocenters. The van der Waals surface area contributed by atoms with Gasteiger partial charge in [-0.15, -0.1) is 0 Å². The average Bonchev–Trinajstić information content (AvgIpc) is 2.46.